The second-order valence-corrected chi connectivity index (χ2v) is 6.22. The molecule has 2 aromatic heterocycles. The summed E-state index contributed by atoms with van der Waals surface area (Å²) < 4.78 is 15.7. The number of halogens is 1. The third kappa shape index (κ3) is 2.60. The molecule has 0 unspecified atom stereocenters. The van der Waals surface area contributed by atoms with Crippen molar-refractivity contribution < 1.29 is 4.39 Å². The Morgan fingerprint density at radius 2 is 2.08 bits per heavy atom. The maximum Gasteiger partial charge on any atom is 0.183 e. The van der Waals surface area contributed by atoms with Crippen LogP contribution in [0.1, 0.15) is 24.8 Å². The molecule has 0 amide bonds. The van der Waals surface area contributed by atoms with E-state index in [2.05, 4.69) is 25.2 Å². The zero-order valence-electron chi connectivity index (χ0n) is 13.6. The first-order valence-corrected chi connectivity index (χ1v) is 8.24. The predicted octanol–water partition coefficient (Wildman–Crippen LogP) is 2.50. The fourth-order valence-electron chi connectivity index (χ4n) is 3.46. The van der Waals surface area contributed by atoms with E-state index in [1.54, 1.807) is 17.1 Å². The Labute approximate surface area is 139 Å². The summed E-state index contributed by atoms with van der Waals surface area (Å²) in [5.41, 5.74) is 2.18. The van der Waals surface area contributed by atoms with Gasteiger partial charge in [-0.15, -0.1) is 5.10 Å². The van der Waals surface area contributed by atoms with Crippen LogP contribution in [-0.4, -0.2) is 37.5 Å². The molecular formula is C17H19FN6. The van der Waals surface area contributed by atoms with Crippen molar-refractivity contribution in [2.45, 2.75) is 31.7 Å². The topological polar surface area (TPSA) is 59.7 Å². The number of fused-ring (bicyclic) bond motifs is 1. The lowest BCUT2D eigenvalue weighted by Crippen LogP contribution is -2.41. The van der Waals surface area contributed by atoms with Crippen molar-refractivity contribution in [1.82, 2.24) is 25.0 Å². The first kappa shape index (κ1) is 15.0. The summed E-state index contributed by atoms with van der Waals surface area (Å²) in [6, 6.07) is 7.20. The molecule has 6 nitrogen and oxygen atoms in total. The van der Waals surface area contributed by atoms with Gasteiger partial charge in [0.1, 0.15) is 12.1 Å². The average Bonchev–Trinajstić information content (AvgIpc) is 2.99. The van der Waals surface area contributed by atoms with Crippen molar-refractivity contribution in [1.29, 1.82) is 0 Å². The lowest BCUT2D eigenvalue weighted by molar-refractivity contribution is 0.448. The molecule has 1 atom stereocenters. The third-order valence-corrected chi connectivity index (χ3v) is 4.68. The number of nitrogens with zero attached hydrogens (tertiary/aromatic N) is 6. The van der Waals surface area contributed by atoms with Crippen LogP contribution in [0, 0.1) is 5.82 Å². The van der Waals surface area contributed by atoms with Gasteiger partial charge in [0, 0.05) is 19.6 Å². The largest absolute Gasteiger partial charge is 0.351 e. The van der Waals surface area contributed by atoms with Gasteiger partial charge in [-0.05, 0) is 37.3 Å². The lowest BCUT2D eigenvalue weighted by atomic mass is 9.95. The Kier molecular flexibility index (Phi) is 3.84. The van der Waals surface area contributed by atoms with Gasteiger partial charge in [0.25, 0.3) is 0 Å². The first-order valence-electron chi connectivity index (χ1n) is 8.24. The van der Waals surface area contributed by atoms with E-state index in [4.69, 9.17) is 0 Å². The third-order valence-electron chi connectivity index (χ3n) is 4.68. The molecule has 7 heteroatoms. The van der Waals surface area contributed by atoms with Crippen molar-refractivity contribution >= 4 is 17.0 Å². The highest BCUT2D eigenvalue weighted by Crippen LogP contribution is 2.29. The highest BCUT2D eigenvalue weighted by molar-refractivity contribution is 5.82. The van der Waals surface area contributed by atoms with Gasteiger partial charge >= 0.3 is 0 Å². The molecule has 1 aliphatic rings. The summed E-state index contributed by atoms with van der Waals surface area (Å²) in [5.74, 6) is 0.657. The van der Waals surface area contributed by atoms with Crippen LogP contribution in [0.5, 0.6) is 0 Å². The molecule has 1 aromatic carbocycles. The van der Waals surface area contributed by atoms with E-state index in [9.17, 15) is 4.39 Å². The fourth-order valence-corrected chi connectivity index (χ4v) is 3.46. The van der Waals surface area contributed by atoms with E-state index in [0.29, 0.717) is 11.9 Å². The Balaban J connectivity index is 1.70. The lowest BCUT2D eigenvalue weighted by Gasteiger charge is -2.36. The minimum Gasteiger partial charge on any atom is -0.351 e. The monoisotopic (exact) mass is 326 g/mol. The summed E-state index contributed by atoms with van der Waals surface area (Å²) in [6.07, 6.45) is 5.47. The minimum atomic E-state index is -0.143. The van der Waals surface area contributed by atoms with E-state index >= 15 is 0 Å². The second-order valence-electron chi connectivity index (χ2n) is 6.22. The maximum absolute atomic E-state index is 14.1. The Morgan fingerprint density at radius 1 is 1.21 bits per heavy atom. The number of piperidine rings is 1. The molecule has 1 fully saturated rings. The number of aromatic nitrogens is 5. The van der Waals surface area contributed by atoms with E-state index in [-0.39, 0.29) is 11.9 Å². The molecule has 24 heavy (non-hydrogen) atoms. The summed E-state index contributed by atoms with van der Waals surface area (Å²) in [6.45, 7) is 0.891. The molecule has 0 bridgehead atoms. The zero-order chi connectivity index (χ0) is 16.5. The van der Waals surface area contributed by atoms with Crippen molar-refractivity contribution in [3.8, 4) is 0 Å². The van der Waals surface area contributed by atoms with Crippen LogP contribution in [0.4, 0.5) is 10.2 Å². The molecule has 0 saturated carbocycles. The van der Waals surface area contributed by atoms with Gasteiger partial charge in [-0.1, -0.05) is 23.4 Å². The van der Waals surface area contributed by atoms with Gasteiger partial charge < -0.3 is 4.90 Å². The number of rotatable bonds is 3. The molecule has 124 valence electrons. The minimum absolute atomic E-state index is 0.143. The molecule has 3 heterocycles. The van der Waals surface area contributed by atoms with Crippen LogP contribution in [-0.2, 0) is 13.5 Å². The Morgan fingerprint density at radius 3 is 2.96 bits per heavy atom. The maximum atomic E-state index is 14.1. The molecule has 0 radical (unpaired) electrons. The quantitative estimate of drug-likeness (QED) is 0.740. The Hall–Kier alpha value is -2.57. The van der Waals surface area contributed by atoms with E-state index in [0.717, 1.165) is 42.8 Å². The number of hydrogen-bond acceptors (Lipinski definition) is 5. The van der Waals surface area contributed by atoms with Crippen LogP contribution in [0.3, 0.4) is 0 Å². The normalized spacial score (nSPS) is 18.2. The van der Waals surface area contributed by atoms with Gasteiger partial charge in [0.2, 0.25) is 0 Å². The number of benzene rings is 1. The van der Waals surface area contributed by atoms with Crippen molar-refractivity contribution in [3.05, 3.63) is 42.0 Å². The number of anilines is 1. The standard InChI is InChI=1S/C17H19FN6/c1-23-16-15(21-22-23)17(20-11-19-16)24-9-5-4-7-13(24)10-12-6-2-3-8-14(12)18/h2-3,6,8,11,13H,4-5,7,9-10H2,1H3/t13-/m1/s1. The number of hydrogen-bond donors (Lipinski definition) is 0. The fraction of sp³-hybridized carbons (Fsp3) is 0.412. The van der Waals surface area contributed by atoms with Crippen LogP contribution in [0.15, 0.2) is 30.6 Å². The molecule has 0 N–H and O–H groups in total. The molecule has 0 aliphatic carbocycles. The summed E-state index contributed by atoms with van der Waals surface area (Å²) in [4.78, 5) is 11.0. The molecule has 4 rings (SSSR count). The summed E-state index contributed by atoms with van der Waals surface area (Å²) in [7, 11) is 1.82. The van der Waals surface area contributed by atoms with Gasteiger partial charge in [-0.25, -0.2) is 19.0 Å². The van der Waals surface area contributed by atoms with E-state index in [1.807, 2.05) is 19.2 Å². The smallest absolute Gasteiger partial charge is 0.183 e. The highest BCUT2D eigenvalue weighted by atomic mass is 19.1. The SMILES string of the molecule is Cn1nnc2c(N3CCCC[C@@H]3Cc3ccccc3F)ncnc21. The molecule has 0 spiro atoms. The van der Waals surface area contributed by atoms with E-state index in [1.165, 1.54) is 6.07 Å². The van der Waals surface area contributed by atoms with Crippen molar-refractivity contribution in [3.63, 3.8) is 0 Å². The number of aryl methyl sites for hydroxylation is 1. The molecular weight excluding hydrogens is 307 g/mol. The highest BCUT2D eigenvalue weighted by Gasteiger charge is 2.27. The second kappa shape index (κ2) is 6.14. The van der Waals surface area contributed by atoms with Crippen LogP contribution < -0.4 is 4.90 Å². The molecule has 1 saturated heterocycles. The van der Waals surface area contributed by atoms with Crippen LogP contribution in [0.25, 0.3) is 11.2 Å². The van der Waals surface area contributed by atoms with Crippen LogP contribution >= 0.6 is 0 Å². The van der Waals surface area contributed by atoms with E-state index < -0.39 is 0 Å². The van der Waals surface area contributed by atoms with Gasteiger partial charge in [0.05, 0.1) is 0 Å². The molecule has 1 aliphatic heterocycles. The van der Waals surface area contributed by atoms with Crippen molar-refractivity contribution in [2.75, 3.05) is 11.4 Å². The zero-order valence-corrected chi connectivity index (χ0v) is 13.6. The molecule has 3 aromatic rings. The summed E-state index contributed by atoms with van der Waals surface area (Å²) in [5, 5.41) is 8.28. The van der Waals surface area contributed by atoms with Crippen molar-refractivity contribution in [2.24, 2.45) is 7.05 Å². The van der Waals surface area contributed by atoms with Gasteiger partial charge in [-0.2, -0.15) is 0 Å². The summed E-state index contributed by atoms with van der Waals surface area (Å²) >= 11 is 0. The first-order chi connectivity index (χ1) is 11.7. The Bertz CT molecular complexity index is 861. The average molecular weight is 326 g/mol. The van der Waals surface area contributed by atoms with Gasteiger partial charge in [0.15, 0.2) is 17.0 Å². The van der Waals surface area contributed by atoms with Crippen LogP contribution in [0.2, 0.25) is 0 Å². The predicted molar refractivity (Wildman–Crippen MR) is 89.2 cm³/mol. The van der Waals surface area contributed by atoms with Gasteiger partial charge in [-0.3, -0.25) is 0 Å².